The maximum atomic E-state index is 4.52. The first-order chi connectivity index (χ1) is 8.69. The first-order valence-corrected chi connectivity index (χ1v) is 7.41. The van der Waals surface area contributed by atoms with Crippen molar-refractivity contribution in [2.45, 2.75) is 52.0 Å². The average Bonchev–Trinajstić information content (AvgIpc) is 2.74. The molecule has 0 aliphatic heterocycles. The van der Waals surface area contributed by atoms with Crippen LogP contribution in [0.15, 0.2) is 12.3 Å². The fraction of sp³-hybridized carbons (Fsp3) is 0.800. The van der Waals surface area contributed by atoms with E-state index in [1.165, 1.54) is 31.4 Å². The van der Waals surface area contributed by atoms with E-state index in [1.807, 2.05) is 17.9 Å². The monoisotopic (exact) mass is 249 g/mol. The van der Waals surface area contributed by atoms with Crippen LogP contribution in [0.1, 0.15) is 45.2 Å². The highest BCUT2D eigenvalue weighted by atomic mass is 15.2. The van der Waals surface area contributed by atoms with E-state index in [-0.39, 0.29) is 0 Å². The topological polar surface area (TPSA) is 29.9 Å². The summed E-state index contributed by atoms with van der Waals surface area (Å²) >= 11 is 0. The molecule has 3 atom stereocenters. The number of nitrogens with one attached hydrogen (secondary N) is 1. The molecule has 2 rings (SSSR count). The fourth-order valence-electron chi connectivity index (χ4n) is 3.31. The van der Waals surface area contributed by atoms with Gasteiger partial charge in [-0.1, -0.05) is 26.7 Å². The van der Waals surface area contributed by atoms with Gasteiger partial charge in [-0.3, -0.25) is 4.68 Å². The van der Waals surface area contributed by atoms with Crippen LogP contribution in [0.5, 0.6) is 0 Å². The third kappa shape index (κ3) is 3.58. The molecule has 3 unspecified atom stereocenters. The molecule has 0 radical (unpaired) electrons. The van der Waals surface area contributed by atoms with Gasteiger partial charge in [0.2, 0.25) is 0 Å². The van der Waals surface area contributed by atoms with Gasteiger partial charge in [0.05, 0.1) is 5.69 Å². The van der Waals surface area contributed by atoms with Gasteiger partial charge < -0.3 is 5.32 Å². The first-order valence-electron chi connectivity index (χ1n) is 7.41. The van der Waals surface area contributed by atoms with Crippen LogP contribution in [0.3, 0.4) is 0 Å². The second-order valence-corrected chi connectivity index (χ2v) is 5.88. The Kier molecular flexibility index (Phi) is 4.81. The van der Waals surface area contributed by atoms with Crippen molar-refractivity contribution >= 4 is 0 Å². The standard InChI is InChI=1S/C15H27N3/c1-4-16-15(11-14-8-9-18(3)17-14)13-7-5-6-12(2)10-13/h8-9,12-13,15-16H,4-7,10-11H2,1-3H3. The SMILES string of the molecule is CCNC(Cc1ccn(C)n1)C1CCCC(C)C1. The molecular weight excluding hydrogens is 222 g/mol. The molecule has 1 aromatic heterocycles. The Balaban J connectivity index is 1.98. The van der Waals surface area contributed by atoms with Crippen LogP contribution in [0.2, 0.25) is 0 Å². The molecule has 102 valence electrons. The normalized spacial score (nSPS) is 26.2. The van der Waals surface area contributed by atoms with Crippen LogP contribution in [0.25, 0.3) is 0 Å². The zero-order chi connectivity index (χ0) is 13.0. The van der Waals surface area contributed by atoms with E-state index in [9.17, 15) is 0 Å². The summed E-state index contributed by atoms with van der Waals surface area (Å²) in [5.74, 6) is 1.73. The Morgan fingerprint density at radius 1 is 1.50 bits per heavy atom. The molecule has 1 fully saturated rings. The molecule has 1 saturated carbocycles. The van der Waals surface area contributed by atoms with E-state index in [0.717, 1.165) is 24.8 Å². The molecule has 0 spiro atoms. The van der Waals surface area contributed by atoms with Crippen molar-refractivity contribution in [1.29, 1.82) is 0 Å². The third-order valence-corrected chi connectivity index (χ3v) is 4.21. The maximum Gasteiger partial charge on any atom is 0.0640 e. The third-order valence-electron chi connectivity index (χ3n) is 4.21. The molecule has 3 nitrogen and oxygen atoms in total. The molecule has 1 N–H and O–H groups in total. The van der Waals surface area contributed by atoms with E-state index in [2.05, 4.69) is 30.3 Å². The predicted molar refractivity (Wildman–Crippen MR) is 75.5 cm³/mol. The van der Waals surface area contributed by atoms with Gasteiger partial charge >= 0.3 is 0 Å². The molecule has 3 heteroatoms. The Morgan fingerprint density at radius 2 is 2.33 bits per heavy atom. The van der Waals surface area contributed by atoms with Crippen molar-refractivity contribution in [3.63, 3.8) is 0 Å². The summed E-state index contributed by atoms with van der Waals surface area (Å²) in [6, 6.07) is 2.75. The summed E-state index contributed by atoms with van der Waals surface area (Å²) in [5, 5.41) is 8.20. The Morgan fingerprint density at radius 3 is 2.94 bits per heavy atom. The highest BCUT2D eigenvalue weighted by molar-refractivity contribution is 5.02. The van der Waals surface area contributed by atoms with Crippen LogP contribution >= 0.6 is 0 Å². The van der Waals surface area contributed by atoms with Crippen molar-refractivity contribution in [2.24, 2.45) is 18.9 Å². The lowest BCUT2D eigenvalue weighted by atomic mass is 9.77. The summed E-state index contributed by atoms with van der Waals surface area (Å²) in [4.78, 5) is 0. The summed E-state index contributed by atoms with van der Waals surface area (Å²) in [6.07, 6.45) is 8.70. The molecular formula is C15H27N3. The maximum absolute atomic E-state index is 4.52. The van der Waals surface area contributed by atoms with Crippen molar-refractivity contribution in [3.05, 3.63) is 18.0 Å². The van der Waals surface area contributed by atoms with Gasteiger partial charge in [-0.05, 0) is 37.3 Å². The molecule has 18 heavy (non-hydrogen) atoms. The second-order valence-electron chi connectivity index (χ2n) is 5.88. The largest absolute Gasteiger partial charge is 0.314 e. The van der Waals surface area contributed by atoms with Gasteiger partial charge in [0, 0.05) is 25.7 Å². The number of hydrogen-bond acceptors (Lipinski definition) is 2. The fourth-order valence-corrected chi connectivity index (χ4v) is 3.31. The molecule has 1 aliphatic carbocycles. The minimum absolute atomic E-state index is 0.604. The Bertz CT molecular complexity index is 358. The lowest BCUT2D eigenvalue weighted by molar-refractivity contribution is 0.222. The van der Waals surface area contributed by atoms with Gasteiger partial charge in [0.25, 0.3) is 0 Å². The number of likely N-dealkylation sites (N-methyl/N-ethyl adjacent to an activating group) is 1. The van der Waals surface area contributed by atoms with Crippen molar-refractivity contribution in [2.75, 3.05) is 6.54 Å². The number of nitrogens with zero attached hydrogens (tertiary/aromatic N) is 2. The minimum Gasteiger partial charge on any atom is -0.314 e. The predicted octanol–water partition coefficient (Wildman–Crippen LogP) is 2.77. The number of aryl methyl sites for hydroxylation is 1. The van der Waals surface area contributed by atoms with Gasteiger partial charge in [-0.15, -0.1) is 0 Å². The molecule has 1 aliphatic rings. The Labute approximate surface area is 111 Å². The molecule has 0 saturated heterocycles. The number of aromatic nitrogens is 2. The minimum atomic E-state index is 0.604. The zero-order valence-electron chi connectivity index (χ0n) is 12.0. The number of hydrogen-bond donors (Lipinski definition) is 1. The summed E-state index contributed by atoms with van der Waals surface area (Å²) < 4.78 is 1.90. The average molecular weight is 249 g/mol. The molecule has 0 aromatic carbocycles. The van der Waals surface area contributed by atoms with Gasteiger partial charge in [-0.25, -0.2) is 0 Å². The zero-order valence-corrected chi connectivity index (χ0v) is 12.0. The first kappa shape index (κ1) is 13.6. The van der Waals surface area contributed by atoms with Gasteiger partial charge in [0.15, 0.2) is 0 Å². The summed E-state index contributed by atoms with van der Waals surface area (Å²) in [5.41, 5.74) is 1.22. The van der Waals surface area contributed by atoms with E-state index in [4.69, 9.17) is 0 Å². The lowest BCUT2D eigenvalue weighted by Crippen LogP contribution is -2.40. The quantitative estimate of drug-likeness (QED) is 0.869. The van der Waals surface area contributed by atoms with Gasteiger partial charge in [0.1, 0.15) is 0 Å². The number of rotatable bonds is 5. The summed E-state index contributed by atoms with van der Waals surface area (Å²) in [7, 11) is 1.99. The molecule has 1 heterocycles. The van der Waals surface area contributed by atoms with E-state index >= 15 is 0 Å². The van der Waals surface area contributed by atoms with Crippen LogP contribution in [0.4, 0.5) is 0 Å². The van der Waals surface area contributed by atoms with Crippen LogP contribution in [0, 0.1) is 11.8 Å². The van der Waals surface area contributed by atoms with Crippen LogP contribution in [-0.2, 0) is 13.5 Å². The Hall–Kier alpha value is -0.830. The van der Waals surface area contributed by atoms with E-state index in [1.54, 1.807) is 0 Å². The van der Waals surface area contributed by atoms with Crippen molar-refractivity contribution in [1.82, 2.24) is 15.1 Å². The molecule has 0 bridgehead atoms. The van der Waals surface area contributed by atoms with E-state index in [0.29, 0.717) is 6.04 Å². The smallest absolute Gasteiger partial charge is 0.0640 e. The molecule has 0 amide bonds. The van der Waals surface area contributed by atoms with Crippen molar-refractivity contribution < 1.29 is 0 Å². The van der Waals surface area contributed by atoms with Crippen LogP contribution < -0.4 is 5.32 Å². The summed E-state index contributed by atoms with van der Waals surface area (Å²) in [6.45, 7) is 5.66. The second kappa shape index (κ2) is 6.37. The highest BCUT2D eigenvalue weighted by Crippen LogP contribution is 2.31. The molecule has 1 aromatic rings. The van der Waals surface area contributed by atoms with Crippen molar-refractivity contribution in [3.8, 4) is 0 Å². The van der Waals surface area contributed by atoms with Crippen LogP contribution in [-0.4, -0.2) is 22.4 Å². The lowest BCUT2D eigenvalue weighted by Gasteiger charge is -2.33. The van der Waals surface area contributed by atoms with E-state index < -0.39 is 0 Å². The highest BCUT2D eigenvalue weighted by Gasteiger charge is 2.26. The van der Waals surface area contributed by atoms with Gasteiger partial charge in [-0.2, -0.15) is 5.10 Å².